The molecular weight excluding hydrogens is 448 g/mol. The van der Waals surface area contributed by atoms with Gasteiger partial charge in [-0.05, 0) is 56.6 Å². The van der Waals surface area contributed by atoms with Gasteiger partial charge in [-0.1, -0.05) is 67.7 Å². The third kappa shape index (κ3) is 17.7. The van der Waals surface area contributed by atoms with Gasteiger partial charge < -0.3 is 20.1 Å². The number of allylic oxidation sites excluding steroid dienone is 9. The molecule has 0 bridgehead atoms. The molecule has 0 aliphatic heterocycles. The minimum atomic E-state index is -1.16. The van der Waals surface area contributed by atoms with Gasteiger partial charge in [0.05, 0.1) is 12.5 Å². The average molecular weight is 487 g/mol. The van der Waals surface area contributed by atoms with E-state index in [-0.39, 0.29) is 29.6 Å². The maximum Gasteiger partial charge on any atom is 0.331 e. The summed E-state index contributed by atoms with van der Waals surface area (Å²) >= 11 is 0. The Balaban J connectivity index is 4.41. The molecule has 7 nitrogen and oxygen atoms in total. The smallest absolute Gasteiger partial charge is 0.331 e. The molecule has 0 aromatic carbocycles. The lowest BCUT2D eigenvalue weighted by molar-refractivity contribution is -0.136. The molecule has 2 unspecified atom stereocenters. The van der Waals surface area contributed by atoms with E-state index in [1.807, 2.05) is 38.2 Å². The van der Waals surface area contributed by atoms with Crippen LogP contribution in [0.1, 0.15) is 52.9 Å². The van der Waals surface area contributed by atoms with E-state index in [4.69, 9.17) is 20.1 Å². The molecule has 0 rings (SSSR count). The quantitative estimate of drug-likeness (QED) is 0.101. The molecule has 0 aromatic heterocycles. The van der Waals surface area contributed by atoms with Gasteiger partial charge in [-0.15, -0.1) is 0 Å². The van der Waals surface area contributed by atoms with Crippen molar-refractivity contribution in [2.24, 2.45) is 5.92 Å². The molecule has 0 amide bonds. The summed E-state index contributed by atoms with van der Waals surface area (Å²) in [5.74, 6) is -3.01. The molecule has 0 spiro atoms. The molecule has 2 atom stereocenters. The van der Waals surface area contributed by atoms with Crippen LogP contribution in [0.15, 0.2) is 83.6 Å². The first-order valence-corrected chi connectivity index (χ1v) is 11.5. The number of hydrogen-bond acceptors (Lipinski definition) is 4. The van der Waals surface area contributed by atoms with Crippen LogP contribution in [-0.4, -0.2) is 46.4 Å². The Morgan fingerprint density at radius 3 is 2.14 bits per heavy atom. The van der Waals surface area contributed by atoms with Gasteiger partial charge in [-0.2, -0.15) is 0 Å². The summed E-state index contributed by atoms with van der Waals surface area (Å²) in [5, 5.41) is 26.6. The third-order valence-electron chi connectivity index (χ3n) is 4.94. The molecule has 7 heteroatoms. The van der Waals surface area contributed by atoms with E-state index < -0.39 is 17.9 Å². The number of methoxy groups -OCH3 is 1. The summed E-state index contributed by atoms with van der Waals surface area (Å²) in [4.78, 5) is 32.4. The predicted molar refractivity (Wildman–Crippen MR) is 138 cm³/mol. The minimum Gasteiger partial charge on any atom is -0.481 e. The number of unbranched alkanes of at least 4 members (excludes halogenated alkanes) is 1. The van der Waals surface area contributed by atoms with E-state index in [9.17, 15) is 14.4 Å². The zero-order valence-corrected chi connectivity index (χ0v) is 21.0. The lowest BCUT2D eigenvalue weighted by Crippen LogP contribution is -2.10. The highest BCUT2D eigenvalue weighted by atomic mass is 16.5. The summed E-state index contributed by atoms with van der Waals surface area (Å²) in [7, 11) is 1.63. The van der Waals surface area contributed by atoms with Crippen LogP contribution in [0, 0.1) is 5.92 Å². The van der Waals surface area contributed by atoms with Crippen molar-refractivity contribution in [3.63, 3.8) is 0 Å². The third-order valence-corrected chi connectivity index (χ3v) is 4.94. The first kappa shape index (κ1) is 31.6. The summed E-state index contributed by atoms with van der Waals surface area (Å²) in [5.41, 5.74) is 1.48. The molecule has 0 heterocycles. The van der Waals surface area contributed by atoms with Gasteiger partial charge in [0.25, 0.3) is 0 Å². The Hall–Kier alpha value is -3.45. The monoisotopic (exact) mass is 486 g/mol. The topological polar surface area (TPSA) is 121 Å². The minimum absolute atomic E-state index is 0.115. The highest BCUT2D eigenvalue weighted by Crippen LogP contribution is 2.12. The Morgan fingerprint density at radius 2 is 1.54 bits per heavy atom. The van der Waals surface area contributed by atoms with Crippen molar-refractivity contribution in [1.82, 2.24) is 0 Å². The summed E-state index contributed by atoms with van der Waals surface area (Å²) in [6.07, 6.45) is 22.6. The van der Waals surface area contributed by atoms with E-state index in [1.54, 1.807) is 32.3 Å². The normalized spacial score (nSPS) is 15.5. The molecular formula is C28H38O7. The largest absolute Gasteiger partial charge is 0.481 e. The fourth-order valence-electron chi connectivity index (χ4n) is 2.84. The van der Waals surface area contributed by atoms with Gasteiger partial charge in [-0.3, -0.25) is 4.79 Å². The summed E-state index contributed by atoms with van der Waals surface area (Å²) < 4.78 is 5.47. The number of carboxylic acid groups (broad SMARTS) is 3. The molecule has 0 saturated carbocycles. The van der Waals surface area contributed by atoms with Crippen LogP contribution >= 0.6 is 0 Å². The Kier molecular flexibility index (Phi) is 17.1. The molecule has 0 saturated heterocycles. The molecule has 0 radical (unpaired) electrons. The number of aliphatic carboxylic acids is 3. The molecule has 192 valence electrons. The Bertz CT molecular complexity index is 898. The SMILES string of the molecule is COC(CC=C/C=C/CCC=CCC(C)C=CC(=CC(=O)O)CC(=O)O)C(C)=C/C=C(\C)C(=O)O. The van der Waals surface area contributed by atoms with E-state index in [1.165, 1.54) is 0 Å². The second kappa shape index (κ2) is 18.9. The summed E-state index contributed by atoms with van der Waals surface area (Å²) in [6.45, 7) is 5.44. The van der Waals surface area contributed by atoms with E-state index in [0.717, 1.165) is 30.9 Å². The van der Waals surface area contributed by atoms with Crippen molar-refractivity contribution in [1.29, 1.82) is 0 Å². The van der Waals surface area contributed by atoms with Crippen LogP contribution < -0.4 is 0 Å². The van der Waals surface area contributed by atoms with Crippen LogP contribution in [0.5, 0.6) is 0 Å². The Labute approximate surface area is 208 Å². The van der Waals surface area contributed by atoms with Crippen LogP contribution in [0.25, 0.3) is 0 Å². The zero-order valence-electron chi connectivity index (χ0n) is 21.0. The van der Waals surface area contributed by atoms with E-state index in [2.05, 4.69) is 18.2 Å². The molecule has 3 N–H and O–H groups in total. The Morgan fingerprint density at radius 1 is 0.886 bits per heavy atom. The molecule has 0 aliphatic rings. The van der Waals surface area contributed by atoms with Crippen molar-refractivity contribution in [3.05, 3.63) is 83.6 Å². The van der Waals surface area contributed by atoms with Gasteiger partial charge in [0.1, 0.15) is 0 Å². The maximum absolute atomic E-state index is 10.9. The first-order chi connectivity index (χ1) is 16.6. The van der Waals surface area contributed by atoms with Gasteiger partial charge in [0, 0.05) is 18.8 Å². The standard InChI is InChI=1S/C28H38O7/c1-21(15-18-24(19-26(29)30)20-27(31)32)13-11-9-7-5-6-8-10-12-14-25(35-4)22(2)16-17-23(3)28(33)34/h6,8-12,15-19,21,25H,5,7,13-14,20H2,1-4H3,(H,29,30)(H,31,32)(H,33,34)/b8-6+,11-9?,12-10?,18-15?,22-16?,23-17+,24-19?. The van der Waals surface area contributed by atoms with Crippen LogP contribution in [0.2, 0.25) is 0 Å². The zero-order chi connectivity index (χ0) is 26.6. The van der Waals surface area contributed by atoms with Crippen molar-refractivity contribution < 1.29 is 34.4 Å². The van der Waals surface area contributed by atoms with Gasteiger partial charge in [0.2, 0.25) is 0 Å². The van der Waals surface area contributed by atoms with Crippen LogP contribution in [0.4, 0.5) is 0 Å². The van der Waals surface area contributed by atoms with E-state index >= 15 is 0 Å². The number of carbonyl (C=O) groups is 3. The summed E-state index contributed by atoms with van der Waals surface area (Å²) in [6, 6.07) is 0. The molecule has 35 heavy (non-hydrogen) atoms. The lowest BCUT2D eigenvalue weighted by Gasteiger charge is -2.13. The van der Waals surface area contributed by atoms with Crippen molar-refractivity contribution in [3.8, 4) is 0 Å². The fourth-order valence-corrected chi connectivity index (χ4v) is 2.84. The highest BCUT2D eigenvalue weighted by Gasteiger charge is 2.07. The van der Waals surface area contributed by atoms with Crippen LogP contribution in [0.3, 0.4) is 0 Å². The highest BCUT2D eigenvalue weighted by molar-refractivity contribution is 5.86. The van der Waals surface area contributed by atoms with Crippen molar-refractivity contribution >= 4 is 17.9 Å². The molecule has 0 aromatic rings. The predicted octanol–water partition coefficient (Wildman–Crippen LogP) is 5.89. The van der Waals surface area contributed by atoms with Gasteiger partial charge in [-0.25, -0.2) is 9.59 Å². The second-order valence-electron chi connectivity index (χ2n) is 8.13. The average Bonchev–Trinajstić information content (AvgIpc) is 2.78. The van der Waals surface area contributed by atoms with E-state index in [0.29, 0.717) is 6.42 Å². The number of ether oxygens (including phenoxy) is 1. The number of rotatable bonds is 17. The maximum atomic E-state index is 10.9. The first-order valence-electron chi connectivity index (χ1n) is 11.5. The second-order valence-corrected chi connectivity index (χ2v) is 8.13. The number of carboxylic acids is 3. The van der Waals surface area contributed by atoms with Crippen molar-refractivity contribution in [2.45, 2.75) is 59.0 Å². The lowest BCUT2D eigenvalue weighted by atomic mass is 10.0. The van der Waals surface area contributed by atoms with Gasteiger partial charge >= 0.3 is 17.9 Å². The number of hydrogen-bond donors (Lipinski definition) is 3. The molecule has 0 aliphatic carbocycles. The fraction of sp³-hybridized carbons (Fsp3) is 0.393. The van der Waals surface area contributed by atoms with Crippen molar-refractivity contribution in [2.75, 3.05) is 7.11 Å². The molecule has 0 fully saturated rings. The van der Waals surface area contributed by atoms with Crippen LogP contribution in [-0.2, 0) is 19.1 Å². The van der Waals surface area contributed by atoms with Gasteiger partial charge in [0.15, 0.2) is 0 Å².